The van der Waals surface area contributed by atoms with E-state index in [0.29, 0.717) is 11.9 Å². The van der Waals surface area contributed by atoms with Gasteiger partial charge in [-0.05, 0) is 13.3 Å². The summed E-state index contributed by atoms with van der Waals surface area (Å²) in [4.78, 5) is 11.4. The number of fused-ring (bicyclic) bond motifs is 1. The highest BCUT2D eigenvalue weighted by molar-refractivity contribution is 5.87. The summed E-state index contributed by atoms with van der Waals surface area (Å²) in [7, 11) is 1.75. The Morgan fingerprint density at radius 3 is 3.20 bits per heavy atom. The molecule has 1 aliphatic rings. The van der Waals surface area contributed by atoms with E-state index in [1.165, 1.54) is 0 Å². The molecule has 0 spiro atoms. The highest BCUT2D eigenvalue weighted by atomic mass is 16.5. The van der Waals surface area contributed by atoms with Crippen molar-refractivity contribution >= 4 is 22.8 Å². The first-order chi connectivity index (χ1) is 9.81. The number of aromatic amines is 1. The number of methoxy groups -OCH3 is 1. The molecular formula is C13H20N6O. The minimum Gasteiger partial charge on any atom is -0.384 e. The molecule has 2 N–H and O–H groups in total. The van der Waals surface area contributed by atoms with E-state index in [2.05, 4.69) is 30.4 Å². The maximum absolute atomic E-state index is 5.25. The molecule has 0 aromatic carbocycles. The van der Waals surface area contributed by atoms with Crippen LogP contribution in [0.25, 0.3) is 11.0 Å². The Kier molecular flexibility index (Phi) is 3.68. The molecule has 3 rings (SSSR count). The largest absolute Gasteiger partial charge is 0.384 e. The van der Waals surface area contributed by atoms with Crippen molar-refractivity contribution in [2.75, 3.05) is 43.6 Å². The molecule has 0 bridgehead atoms. The van der Waals surface area contributed by atoms with Gasteiger partial charge in [-0.15, -0.1) is 0 Å². The van der Waals surface area contributed by atoms with Crippen molar-refractivity contribution in [3.63, 3.8) is 0 Å². The fraction of sp³-hybridized carbons (Fsp3) is 0.615. The number of hydrogen-bond acceptors (Lipinski definition) is 6. The van der Waals surface area contributed by atoms with Crippen LogP contribution in [-0.4, -0.2) is 53.5 Å². The average molecular weight is 276 g/mol. The van der Waals surface area contributed by atoms with Gasteiger partial charge < -0.3 is 15.0 Å². The quantitative estimate of drug-likeness (QED) is 0.856. The maximum Gasteiger partial charge on any atom is 0.226 e. The van der Waals surface area contributed by atoms with Crippen LogP contribution in [0, 0.1) is 5.92 Å². The Bertz CT molecular complexity index is 583. The lowest BCUT2D eigenvalue weighted by atomic mass is 10.1. The number of anilines is 2. The van der Waals surface area contributed by atoms with Gasteiger partial charge in [-0.2, -0.15) is 15.1 Å². The second-order valence-electron chi connectivity index (χ2n) is 5.09. The van der Waals surface area contributed by atoms with Gasteiger partial charge in [0.2, 0.25) is 5.95 Å². The molecule has 108 valence electrons. The molecule has 0 saturated carbocycles. The maximum atomic E-state index is 5.25. The van der Waals surface area contributed by atoms with Crippen molar-refractivity contribution in [1.29, 1.82) is 0 Å². The molecule has 7 heteroatoms. The third-order valence-electron chi connectivity index (χ3n) is 3.61. The third kappa shape index (κ3) is 2.40. The lowest BCUT2D eigenvalue weighted by Gasteiger charge is -2.18. The number of hydrogen-bond donors (Lipinski definition) is 2. The van der Waals surface area contributed by atoms with Gasteiger partial charge in [0.1, 0.15) is 5.82 Å². The van der Waals surface area contributed by atoms with E-state index >= 15 is 0 Å². The summed E-state index contributed by atoms with van der Waals surface area (Å²) in [6.45, 7) is 5.60. The van der Waals surface area contributed by atoms with Gasteiger partial charge >= 0.3 is 0 Å². The topological polar surface area (TPSA) is 79.0 Å². The van der Waals surface area contributed by atoms with Gasteiger partial charge in [0.15, 0.2) is 5.65 Å². The second-order valence-corrected chi connectivity index (χ2v) is 5.09. The van der Waals surface area contributed by atoms with E-state index in [1.54, 1.807) is 13.3 Å². The van der Waals surface area contributed by atoms with E-state index in [0.717, 1.165) is 49.5 Å². The van der Waals surface area contributed by atoms with Crippen LogP contribution in [0.15, 0.2) is 6.20 Å². The van der Waals surface area contributed by atoms with Gasteiger partial charge in [-0.25, -0.2) is 0 Å². The standard InChI is InChI=1S/C13H20N6O/c1-3-14-13-16-11-10(6-15-18-11)12(17-13)19-5-4-9(7-19)8-20-2/h6,9H,3-5,7-8H2,1-2H3,(H2,14,15,16,17,18). The van der Waals surface area contributed by atoms with Crippen molar-refractivity contribution in [3.05, 3.63) is 6.20 Å². The van der Waals surface area contributed by atoms with Crippen LogP contribution in [0.2, 0.25) is 0 Å². The van der Waals surface area contributed by atoms with E-state index in [-0.39, 0.29) is 0 Å². The van der Waals surface area contributed by atoms with E-state index in [4.69, 9.17) is 4.74 Å². The van der Waals surface area contributed by atoms with Crippen molar-refractivity contribution in [2.24, 2.45) is 5.92 Å². The Morgan fingerprint density at radius 2 is 2.40 bits per heavy atom. The summed E-state index contributed by atoms with van der Waals surface area (Å²) in [5.41, 5.74) is 0.779. The zero-order valence-corrected chi connectivity index (χ0v) is 11.9. The normalized spacial score (nSPS) is 18.9. The first-order valence-corrected chi connectivity index (χ1v) is 7.00. The summed E-state index contributed by atoms with van der Waals surface area (Å²) >= 11 is 0. The zero-order valence-electron chi connectivity index (χ0n) is 11.9. The summed E-state index contributed by atoms with van der Waals surface area (Å²) in [6, 6.07) is 0. The molecule has 0 amide bonds. The summed E-state index contributed by atoms with van der Waals surface area (Å²) < 4.78 is 5.25. The number of H-pyrrole nitrogens is 1. The SMILES string of the molecule is CCNc1nc(N2CCC(COC)C2)c2cn[nH]c2n1. The lowest BCUT2D eigenvalue weighted by Crippen LogP contribution is -2.23. The number of rotatable bonds is 5. The van der Waals surface area contributed by atoms with Crippen LogP contribution in [0.3, 0.4) is 0 Å². The summed E-state index contributed by atoms with van der Waals surface area (Å²) in [5.74, 6) is 2.17. The predicted molar refractivity (Wildman–Crippen MR) is 78.0 cm³/mol. The van der Waals surface area contributed by atoms with Gasteiger partial charge in [-0.3, -0.25) is 5.10 Å². The molecule has 2 aromatic rings. The highest BCUT2D eigenvalue weighted by Gasteiger charge is 2.25. The molecular weight excluding hydrogens is 256 g/mol. The Labute approximate surface area is 117 Å². The molecule has 7 nitrogen and oxygen atoms in total. The molecule has 1 atom stereocenters. The first-order valence-electron chi connectivity index (χ1n) is 7.00. The van der Waals surface area contributed by atoms with E-state index in [1.807, 2.05) is 6.92 Å². The molecule has 2 aromatic heterocycles. The first kappa shape index (κ1) is 13.1. The van der Waals surface area contributed by atoms with Crippen molar-refractivity contribution in [2.45, 2.75) is 13.3 Å². The molecule has 1 aliphatic heterocycles. The molecule has 3 heterocycles. The summed E-state index contributed by atoms with van der Waals surface area (Å²) in [6.07, 6.45) is 2.93. The molecule has 1 fully saturated rings. The summed E-state index contributed by atoms with van der Waals surface area (Å²) in [5, 5.41) is 11.2. The monoisotopic (exact) mass is 276 g/mol. The average Bonchev–Trinajstić information content (AvgIpc) is 3.07. The Morgan fingerprint density at radius 1 is 1.50 bits per heavy atom. The van der Waals surface area contributed by atoms with Gasteiger partial charge in [0, 0.05) is 32.7 Å². The number of nitrogens with one attached hydrogen (secondary N) is 2. The van der Waals surface area contributed by atoms with Crippen LogP contribution >= 0.6 is 0 Å². The molecule has 1 saturated heterocycles. The minimum atomic E-state index is 0.569. The second kappa shape index (κ2) is 5.62. The van der Waals surface area contributed by atoms with Crippen LogP contribution in [0.1, 0.15) is 13.3 Å². The minimum absolute atomic E-state index is 0.569. The smallest absolute Gasteiger partial charge is 0.226 e. The van der Waals surface area contributed by atoms with Crippen molar-refractivity contribution < 1.29 is 4.74 Å². The van der Waals surface area contributed by atoms with Crippen LogP contribution in [0.5, 0.6) is 0 Å². The third-order valence-corrected chi connectivity index (χ3v) is 3.61. The fourth-order valence-corrected chi connectivity index (χ4v) is 2.69. The zero-order chi connectivity index (χ0) is 13.9. The Hall–Kier alpha value is -1.89. The number of nitrogens with zero attached hydrogens (tertiary/aromatic N) is 4. The van der Waals surface area contributed by atoms with Crippen LogP contribution in [0.4, 0.5) is 11.8 Å². The molecule has 0 aliphatic carbocycles. The van der Waals surface area contributed by atoms with Crippen molar-refractivity contribution in [3.8, 4) is 0 Å². The highest BCUT2D eigenvalue weighted by Crippen LogP contribution is 2.28. The molecule has 20 heavy (non-hydrogen) atoms. The molecule has 0 radical (unpaired) electrons. The van der Waals surface area contributed by atoms with Gasteiger partial charge in [-0.1, -0.05) is 0 Å². The van der Waals surface area contributed by atoms with E-state index < -0.39 is 0 Å². The number of ether oxygens (including phenoxy) is 1. The van der Waals surface area contributed by atoms with Crippen molar-refractivity contribution in [1.82, 2.24) is 20.2 Å². The lowest BCUT2D eigenvalue weighted by molar-refractivity contribution is 0.161. The van der Waals surface area contributed by atoms with Crippen LogP contribution in [-0.2, 0) is 4.74 Å². The van der Waals surface area contributed by atoms with Gasteiger partial charge in [0.05, 0.1) is 18.2 Å². The van der Waals surface area contributed by atoms with Crippen LogP contribution < -0.4 is 10.2 Å². The number of aromatic nitrogens is 4. The Balaban J connectivity index is 1.91. The van der Waals surface area contributed by atoms with Gasteiger partial charge in [0.25, 0.3) is 0 Å². The fourth-order valence-electron chi connectivity index (χ4n) is 2.69. The van der Waals surface area contributed by atoms with E-state index in [9.17, 15) is 0 Å². The molecule has 1 unspecified atom stereocenters. The predicted octanol–water partition coefficient (Wildman–Crippen LogP) is 1.26.